The molecule has 1 fully saturated rings. The van der Waals surface area contributed by atoms with Gasteiger partial charge in [0, 0.05) is 17.8 Å². The third-order valence-electron chi connectivity index (χ3n) is 3.46. The lowest BCUT2D eigenvalue weighted by Gasteiger charge is -2.14. The van der Waals surface area contributed by atoms with Gasteiger partial charge in [-0.25, -0.2) is 0 Å². The second-order valence-corrected chi connectivity index (χ2v) is 5.29. The van der Waals surface area contributed by atoms with Crippen LogP contribution in [0.3, 0.4) is 0 Å². The number of aromatic nitrogens is 2. The number of methoxy groups -OCH3 is 1. The van der Waals surface area contributed by atoms with E-state index in [4.69, 9.17) is 9.47 Å². The average Bonchev–Trinajstić information content (AvgIpc) is 2.87. The van der Waals surface area contributed by atoms with Gasteiger partial charge in [-0.3, -0.25) is 14.9 Å². The maximum atomic E-state index is 11.7. The minimum absolute atomic E-state index is 0.102. The summed E-state index contributed by atoms with van der Waals surface area (Å²) < 4.78 is 11.0. The molecule has 1 aliphatic heterocycles. The molecule has 1 saturated heterocycles. The zero-order chi connectivity index (χ0) is 17.1. The highest BCUT2D eigenvalue weighted by atomic mass is 16.5. The fourth-order valence-electron chi connectivity index (χ4n) is 2.27. The van der Waals surface area contributed by atoms with E-state index in [2.05, 4.69) is 20.8 Å². The number of anilines is 1. The molecule has 0 saturated carbocycles. The predicted octanol–water partition coefficient (Wildman–Crippen LogP) is 1.41. The third kappa shape index (κ3) is 3.43. The zero-order valence-corrected chi connectivity index (χ0v) is 13.2. The van der Waals surface area contributed by atoms with Crippen LogP contribution in [0.15, 0.2) is 30.3 Å². The Hall–Kier alpha value is -3.16. The first-order valence-corrected chi connectivity index (χ1v) is 7.31. The van der Waals surface area contributed by atoms with Crippen molar-refractivity contribution in [1.29, 1.82) is 0 Å². The van der Waals surface area contributed by atoms with Crippen LogP contribution in [0.4, 0.5) is 5.69 Å². The van der Waals surface area contributed by atoms with E-state index in [1.165, 1.54) is 7.11 Å². The highest BCUT2D eigenvalue weighted by Crippen LogP contribution is 2.33. The number of benzene rings is 1. The Balaban J connectivity index is 1.81. The summed E-state index contributed by atoms with van der Waals surface area (Å²) in [6, 6.07) is 8.00. The highest BCUT2D eigenvalue weighted by Gasteiger charge is 2.30. The van der Waals surface area contributed by atoms with E-state index >= 15 is 0 Å². The van der Waals surface area contributed by atoms with Gasteiger partial charge >= 0.3 is 0 Å². The van der Waals surface area contributed by atoms with Gasteiger partial charge in [0.2, 0.25) is 17.7 Å². The predicted molar refractivity (Wildman–Crippen MR) is 85.0 cm³/mol. The molecule has 0 bridgehead atoms. The van der Waals surface area contributed by atoms with Crippen LogP contribution >= 0.6 is 0 Å². The van der Waals surface area contributed by atoms with E-state index in [-0.39, 0.29) is 18.2 Å². The van der Waals surface area contributed by atoms with Crippen molar-refractivity contribution >= 4 is 17.5 Å². The second-order valence-electron chi connectivity index (χ2n) is 5.29. The number of carbonyl (C=O) groups is 2. The number of rotatable bonds is 5. The summed E-state index contributed by atoms with van der Waals surface area (Å²) in [4.78, 5) is 22.9. The molecule has 8 heteroatoms. The van der Waals surface area contributed by atoms with E-state index in [0.717, 1.165) is 5.69 Å². The van der Waals surface area contributed by atoms with Crippen molar-refractivity contribution < 1.29 is 19.1 Å². The monoisotopic (exact) mass is 328 g/mol. The lowest BCUT2D eigenvalue weighted by Crippen LogP contribution is -2.29. The van der Waals surface area contributed by atoms with Gasteiger partial charge < -0.3 is 14.8 Å². The van der Waals surface area contributed by atoms with E-state index in [0.29, 0.717) is 23.1 Å². The summed E-state index contributed by atoms with van der Waals surface area (Å²) >= 11 is 0. The Morgan fingerprint density at radius 1 is 1.17 bits per heavy atom. The fourth-order valence-corrected chi connectivity index (χ4v) is 2.27. The number of carbonyl (C=O) groups excluding carboxylic acids is 2. The average molecular weight is 328 g/mol. The van der Waals surface area contributed by atoms with Gasteiger partial charge in [0.25, 0.3) is 0 Å². The lowest BCUT2D eigenvalue weighted by atomic mass is 10.2. The maximum absolute atomic E-state index is 11.7. The Kier molecular flexibility index (Phi) is 4.28. The normalized spacial score (nSPS) is 16.7. The standard InChI is InChI=1S/C16H16N4O4/c1-9-3-6-15(20-19-9)24-13-7-10(4-5-12(13)23-2)17-11-8-14(21)18-16(11)22/h3-7,11,17H,8H2,1-2H3,(H,18,21,22). The number of nitrogens with one attached hydrogen (secondary N) is 2. The molecule has 2 heterocycles. The van der Waals surface area contributed by atoms with Crippen LogP contribution in [0.1, 0.15) is 12.1 Å². The van der Waals surface area contributed by atoms with Crippen molar-refractivity contribution in [2.24, 2.45) is 0 Å². The van der Waals surface area contributed by atoms with Crippen molar-refractivity contribution in [3.05, 3.63) is 36.0 Å². The SMILES string of the molecule is COc1ccc(NC2CC(=O)NC2=O)cc1Oc1ccc(C)nn1. The van der Waals surface area contributed by atoms with Gasteiger partial charge in [0.05, 0.1) is 19.2 Å². The van der Waals surface area contributed by atoms with Crippen LogP contribution in [-0.2, 0) is 9.59 Å². The number of hydrogen-bond acceptors (Lipinski definition) is 7. The lowest BCUT2D eigenvalue weighted by molar-refractivity contribution is -0.124. The van der Waals surface area contributed by atoms with Gasteiger partial charge in [-0.2, -0.15) is 5.10 Å². The number of aryl methyl sites for hydroxylation is 1. The number of nitrogens with zero attached hydrogens (tertiary/aromatic N) is 2. The van der Waals surface area contributed by atoms with Gasteiger partial charge in [-0.05, 0) is 25.1 Å². The molecule has 0 spiro atoms. The Morgan fingerprint density at radius 3 is 2.62 bits per heavy atom. The van der Waals surface area contributed by atoms with E-state index in [1.54, 1.807) is 30.3 Å². The first-order chi connectivity index (χ1) is 11.5. The molecule has 8 nitrogen and oxygen atoms in total. The summed E-state index contributed by atoms with van der Waals surface area (Å²) in [6.07, 6.45) is 0.102. The summed E-state index contributed by atoms with van der Waals surface area (Å²) in [6.45, 7) is 1.83. The van der Waals surface area contributed by atoms with Crippen LogP contribution in [0.5, 0.6) is 17.4 Å². The van der Waals surface area contributed by atoms with Crippen molar-refractivity contribution in [3.8, 4) is 17.4 Å². The van der Waals surface area contributed by atoms with Gasteiger partial charge in [0.1, 0.15) is 6.04 Å². The zero-order valence-electron chi connectivity index (χ0n) is 13.2. The number of imide groups is 1. The summed E-state index contributed by atoms with van der Waals surface area (Å²) in [5.41, 5.74) is 1.40. The summed E-state index contributed by atoms with van der Waals surface area (Å²) in [5.74, 6) is 0.616. The quantitative estimate of drug-likeness (QED) is 0.800. The van der Waals surface area contributed by atoms with Crippen molar-refractivity contribution in [3.63, 3.8) is 0 Å². The minimum atomic E-state index is -0.599. The van der Waals surface area contributed by atoms with Crippen molar-refractivity contribution in [2.45, 2.75) is 19.4 Å². The van der Waals surface area contributed by atoms with Crippen molar-refractivity contribution in [2.75, 3.05) is 12.4 Å². The molecule has 0 aliphatic carbocycles. The molecule has 1 atom stereocenters. The van der Waals surface area contributed by atoms with Crippen LogP contribution in [-0.4, -0.2) is 35.2 Å². The summed E-state index contributed by atoms with van der Waals surface area (Å²) in [7, 11) is 1.53. The molecular formula is C16H16N4O4. The first-order valence-electron chi connectivity index (χ1n) is 7.31. The molecule has 1 aromatic heterocycles. The molecule has 24 heavy (non-hydrogen) atoms. The molecule has 1 unspecified atom stereocenters. The van der Waals surface area contributed by atoms with Crippen molar-refractivity contribution in [1.82, 2.24) is 15.5 Å². The van der Waals surface area contributed by atoms with Gasteiger partial charge in [-0.1, -0.05) is 0 Å². The highest BCUT2D eigenvalue weighted by molar-refractivity contribution is 6.06. The Labute approximate surface area is 138 Å². The maximum Gasteiger partial charge on any atom is 0.249 e. The second kappa shape index (κ2) is 6.53. The largest absolute Gasteiger partial charge is 0.493 e. The van der Waals surface area contributed by atoms with Gasteiger partial charge in [0.15, 0.2) is 11.5 Å². The minimum Gasteiger partial charge on any atom is -0.493 e. The van der Waals surface area contributed by atoms with Crippen LogP contribution < -0.4 is 20.1 Å². The Morgan fingerprint density at radius 2 is 2.00 bits per heavy atom. The molecule has 1 aromatic carbocycles. The molecule has 3 rings (SSSR count). The first kappa shape index (κ1) is 15.7. The molecule has 1 aliphatic rings. The smallest absolute Gasteiger partial charge is 0.249 e. The molecule has 2 amide bonds. The van der Waals surface area contributed by atoms with Crippen LogP contribution in [0, 0.1) is 6.92 Å². The van der Waals surface area contributed by atoms with E-state index < -0.39 is 6.04 Å². The molecule has 2 aromatic rings. The van der Waals surface area contributed by atoms with Gasteiger partial charge in [-0.15, -0.1) is 5.10 Å². The van der Waals surface area contributed by atoms with E-state index in [9.17, 15) is 9.59 Å². The molecule has 0 radical (unpaired) electrons. The Bertz CT molecular complexity index is 776. The van der Waals surface area contributed by atoms with E-state index in [1.807, 2.05) is 6.92 Å². The third-order valence-corrected chi connectivity index (χ3v) is 3.46. The number of hydrogen-bond donors (Lipinski definition) is 2. The molecule has 2 N–H and O–H groups in total. The number of amides is 2. The molecule has 124 valence electrons. The fraction of sp³-hybridized carbons (Fsp3) is 0.250. The molecular weight excluding hydrogens is 312 g/mol. The topological polar surface area (TPSA) is 102 Å². The summed E-state index contributed by atoms with van der Waals surface area (Å²) in [5, 5.41) is 13.1. The van der Waals surface area contributed by atoms with Crippen LogP contribution in [0.2, 0.25) is 0 Å². The number of ether oxygens (including phenoxy) is 2. The van der Waals surface area contributed by atoms with Crippen LogP contribution in [0.25, 0.3) is 0 Å².